The summed E-state index contributed by atoms with van der Waals surface area (Å²) in [7, 11) is 0. The van der Waals surface area contributed by atoms with Crippen LogP contribution in [0.2, 0.25) is 0 Å². The second-order valence-electron chi connectivity index (χ2n) is 2.68. The van der Waals surface area contributed by atoms with Gasteiger partial charge in [0.05, 0.1) is 22.7 Å². The minimum Gasteiger partial charge on any atom is -0.515 e. The van der Waals surface area contributed by atoms with Gasteiger partial charge in [0.25, 0.3) is 5.69 Å². The predicted molar refractivity (Wildman–Crippen MR) is 51.9 cm³/mol. The third-order valence-corrected chi connectivity index (χ3v) is 1.81. The zero-order chi connectivity index (χ0) is 11.4. The number of aldehydes is 1. The van der Waals surface area contributed by atoms with Crippen LogP contribution in [0.15, 0.2) is 12.1 Å². The van der Waals surface area contributed by atoms with Crippen LogP contribution in [-0.2, 0) is 0 Å². The molecule has 15 heavy (non-hydrogen) atoms. The van der Waals surface area contributed by atoms with E-state index >= 15 is 0 Å². The van der Waals surface area contributed by atoms with E-state index in [2.05, 4.69) is 0 Å². The number of non-ortho nitro benzene ring substituents is 1. The largest absolute Gasteiger partial charge is 0.515 e. The molecular weight excluding hydrogens is 202 g/mol. The Morgan fingerprint density at radius 1 is 1.27 bits per heavy atom. The second kappa shape index (κ2) is 4.23. The van der Waals surface area contributed by atoms with Gasteiger partial charge in [0.15, 0.2) is 0 Å². The summed E-state index contributed by atoms with van der Waals surface area (Å²) in [5, 5.41) is 28.0. The molecule has 0 aliphatic carbocycles. The molecule has 0 atom stereocenters. The number of carbonyl (C=O) groups excluding carboxylic acids is 1. The van der Waals surface area contributed by atoms with E-state index in [1.807, 2.05) is 0 Å². The number of rotatable bonds is 2. The molecule has 1 aromatic rings. The summed E-state index contributed by atoms with van der Waals surface area (Å²) >= 11 is 0. The van der Waals surface area contributed by atoms with Gasteiger partial charge < -0.3 is 10.2 Å². The van der Waals surface area contributed by atoms with Crippen molar-refractivity contribution in [1.82, 2.24) is 0 Å². The molecule has 0 unspecified atom stereocenters. The highest BCUT2D eigenvalue weighted by Gasteiger charge is 2.11. The molecule has 0 aliphatic rings. The summed E-state index contributed by atoms with van der Waals surface area (Å²) in [4.78, 5) is 20.3. The molecular formula is C9H7NO5. The van der Waals surface area contributed by atoms with Gasteiger partial charge in [-0.05, 0) is 6.07 Å². The summed E-state index contributed by atoms with van der Waals surface area (Å²) in [6.45, 7) is 0. The number of benzene rings is 1. The Morgan fingerprint density at radius 3 is 2.33 bits per heavy atom. The first-order valence-electron chi connectivity index (χ1n) is 3.86. The van der Waals surface area contributed by atoms with Crippen LogP contribution >= 0.6 is 0 Å². The van der Waals surface area contributed by atoms with Crippen LogP contribution < -0.4 is 10.4 Å². The van der Waals surface area contributed by atoms with E-state index in [0.29, 0.717) is 18.8 Å². The fraction of sp³-hybridized carbons (Fsp3) is 0. The van der Waals surface area contributed by atoms with Gasteiger partial charge in [0.2, 0.25) is 0 Å². The highest BCUT2D eigenvalue weighted by molar-refractivity contribution is 5.76. The minimum atomic E-state index is -0.748. The average Bonchev–Trinajstić information content (AvgIpc) is 2.26. The molecule has 6 heteroatoms. The highest BCUT2D eigenvalue weighted by atomic mass is 16.6. The molecule has 0 amide bonds. The van der Waals surface area contributed by atoms with E-state index in [0.717, 1.165) is 6.07 Å². The minimum absolute atomic E-state index is 0.00815. The number of aliphatic hydroxyl groups excluding tert-OH is 2. The fourth-order valence-corrected chi connectivity index (χ4v) is 1.15. The number of nitro groups is 1. The zero-order valence-corrected chi connectivity index (χ0v) is 7.45. The van der Waals surface area contributed by atoms with Crippen LogP contribution in [-0.4, -0.2) is 21.4 Å². The molecule has 0 bridgehead atoms. The van der Waals surface area contributed by atoms with Crippen LogP contribution in [0, 0.1) is 10.1 Å². The van der Waals surface area contributed by atoms with E-state index in [1.165, 1.54) is 6.07 Å². The van der Waals surface area contributed by atoms with Crippen LogP contribution in [0.25, 0.3) is 12.5 Å². The summed E-state index contributed by atoms with van der Waals surface area (Å²) in [5.41, 5.74) is -0.394. The SMILES string of the molecule is O=Cc1cc([N+](=O)[O-])c(=CO)c(=CO)c1. The molecule has 1 rings (SSSR count). The van der Waals surface area contributed by atoms with Crippen molar-refractivity contribution in [3.8, 4) is 0 Å². The number of nitrogens with zero attached hydrogens (tertiary/aromatic N) is 1. The Balaban J connectivity index is 3.79. The molecule has 0 fully saturated rings. The Kier molecular flexibility index (Phi) is 3.02. The van der Waals surface area contributed by atoms with Crippen molar-refractivity contribution in [2.24, 2.45) is 0 Å². The maximum absolute atomic E-state index is 10.6. The van der Waals surface area contributed by atoms with E-state index < -0.39 is 10.6 Å². The standard InChI is InChI=1S/C9H7NO5/c11-3-6-1-7(4-12)8(5-13)9(2-6)10(14)15/h1-5,12-13H. The molecule has 0 saturated carbocycles. The molecule has 2 N–H and O–H groups in total. The Morgan fingerprint density at radius 2 is 1.93 bits per heavy atom. The van der Waals surface area contributed by atoms with Gasteiger partial charge in [0, 0.05) is 16.8 Å². The number of carbonyl (C=O) groups is 1. The van der Waals surface area contributed by atoms with Gasteiger partial charge in [-0.1, -0.05) is 0 Å². The predicted octanol–water partition coefficient (Wildman–Crippen LogP) is -0.000700. The quantitative estimate of drug-likeness (QED) is 0.405. The summed E-state index contributed by atoms with van der Waals surface area (Å²) in [5.74, 6) is 0. The van der Waals surface area contributed by atoms with E-state index in [4.69, 9.17) is 10.2 Å². The topological polar surface area (TPSA) is 101 Å². The van der Waals surface area contributed by atoms with Crippen molar-refractivity contribution in [3.05, 3.63) is 38.2 Å². The first kappa shape index (κ1) is 10.7. The molecule has 0 heterocycles. The Bertz CT molecular complexity index is 520. The summed E-state index contributed by atoms with van der Waals surface area (Å²) in [6.07, 6.45) is 1.51. The molecule has 0 saturated heterocycles. The maximum Gasteiger partial charge on any atom is 0.281 e. The molecule has 78 valence electrons. The molecule has 6 nitrogen and oxygen atoms in total. The fourth-order valence-electron chi connectivity index (χ4n) is 1.15. The van der Waals surface area contributed by atoms with E-state index in [-0.39, 0.29) is 16.0 Å². The smallest absolute Gasteiger partial charge is 0.281 e. The van der Waals surface area contributed by atoms with Crippen LogP contribution in [0.1, 0.15) is 10.4 Å². The van der Waals surface area contributed by atoms with Crippen molar-refractivity contribution in [2.75, 3.05) is 0 Å². The van der Waals surface area contributed by atoms with Crippen LogP contribution in [0.3, 0.4) is 0 Å². The maximum atomic E-state index is 10.6. The first-order chi connectivity index (χ1) is 7.13. The number of hydrogen-bond donors (Lipinski definition) is 2. The third-order valence-electron chi connectivity index (χ3n) is 1.81. The van der Waals surface area contributed by atoms with Crippen LogP contribution in [0.5, 0.6) is 0 Å². The first-order valence-corrected chi connectivity index (χ1v) is 3.86. The van der Waals surface area contributed by atoms with Crippen molar-refractivity contribution in [1.29, 1.82) is 0 Å². The molecule has 0 aliphatic heterocycles. The average molecular weight is 209 g/mol. The normalized spacial score (nSPS) is 12.8. The highest BCUT2D eigenvalue weighted by Crippen LogP contribution is 2.03. The molecule has 0 aromatic heterocycles. The second-order valence-corrected chi connectivity index (χ2v) is 2.68. The summed E-state index contributed by atoms with van der Waals surface area (Å²) in [6, 6.07) is 2.24. The van der Waals surface area contributed by atoms with E-state index in [9.17, 15) is 14.9 Å². The van der Waals surface area contributed by atoms with E-state index in [1.54, 1.807) is 0 Å². The third kappa shape index (κ3) is 1.93. The van der Waals surface area contributed by atoms with Gasteiger partial charge in [-0.15, -0.1) is 0 Å². The number of hydrogen-bond acceptors (Lipinski definition) is 5. The van der Waals surface area contributed by atoms with Crippen molar-refractivity contribution in [3.63, 3.8) is 0 Å². The summed E-state index contributed by atoms with van der Waals surface area (Å²) < 4.78 is 0. The molecule has 0 radical (unpaired) electrons. The van der Waals surface area contributed by atoms with Gasteiger partial charge in [-0.2, -0.15) is 0 Å². The van der Waals surface area contributed by atoms with Crippen molar-refractivity contribution >= 4 is 24.5 Å². The Hall–Kier alpha value is -2.37. The van der Waals surface area contributed by atoms with Crippen LogP contribution in [0.4, 0.5) is 5.69 Å². The van der Waals surface area contributed by atoms with Crippen molar-refractivity contribution in [2.45, 2.75) is 0 Å². The molecule has 0 spiro atoms. The lowest BCUT2D eigenvalue weighted by molar-refractivity contribution is -0.386. The lowest BCUT2D eigenvalue weighted by atomic mass is 10.1. The van der Waals surface area contributed by atoms with Gasteiger partial charge in [-0.25, -0.2) is 0 Å². The lowest BCUT2D eigenvalue weighted by Crippen LogP contribution is -2.28. The van der Waals surface area contributed by atoms with Gasteiger partial charge >= 0.3 is 0 Å². The monoisotopic (exact) mass is 209 g/mol. The van der Waals surface area contributed by atoms with Gasteiger partial charge in [0.1, 0.15) is 6.29 Å². The van der Waals surface area contributed by atoms with Crippen molar-refractivity contribution < 1.29 is 19.9 Å². The van der Waals surface area contributed by atoms with Gasteiger partial charge in [-0.3, -0.25) is 14.9 Å². The lowest BCUT2D eigenvalue weighted by Gasteiger charge is -1.95. The Labute approximate surface area is 83.5 Å². The zero-order valence-electron chi connectivity index (χ0n) is 7.45. The number of nitro benzene ring substituents is 1. The number of aliphatic hydroxyl groups is 2. The molecule has 1 aromatic carbocycles.